The molecule has 1 aliphatic carbocycles. The maximum absolute atomic E-state index is 12.3. The van der Waals surface area contributed by atoms with Gasteiger partial charge in [-0.2, -0.15) is 0 Å². The van der Waals surface area contributed by atoms with Crippen LogP contribution in [0.5, 0.6) is 0 Å². The van der Waals surface area contributed by atoms with E-state index in [1.165, 1.54) is 19.3 Å². The van der Waals surface area contributed by atoms with Crippen molar-refractivity contribution in [3.8, 4) is 0 Å². The van der Waals surface area contributed by atoms with E-state index < -0.39 is 17.1 Å². The van der Waals surface area contributed by atoms with Gasteiger partial charge in [-0.1, -0.05) is 31.4 Å². The smallest absolute Gasteiger partial charge is 0.120 e. The lowest BCUT2D eigenvalue weighted by Gasteiger charge is -2.21. The van der Waals surface area contributed by atoms with E-state index >= 15 is 0 Å². The molecule has 0 saturated heterocycles. The number of hydrogen-bond acceptors (Lipinski definition) is 3. The van der Waals surface area contributed by atoms with E-state index in [2.05, 4.69) is 4.72 Å². The third-order valence-electron chi connectivity index (χ3n) is 3.78. The molecule has 0 amide bonds. The highest BCUT2D eigenvalue weighted by Crippen LogP contribution is 2.24. The highest BCUT2D eigenvalue weighted by atomic mass is 32.2. The van der Waals surface area contributed by atoms with Gasteiger partial charge in [-0.15, -0.1) is 0 Å². The van der Waals surface area contributed by atoms with E-state index in [1.54, 1.807) is 0 Å². The Kier molecular flexibility index (Phi) is 6.01. The Morgan fingerprint density at radius 1 is 1.35 bits per heavy atom. The fourth-order valence-electron chi connectivity index (χ4n) is 2.61. The molecule has 4 N–H and O–H groups in total. The Balaban J connectivity index is 1.98. The largest absolute Gasteiger partial charge is 0.388 e. The minimum atomic E-state index is -1.04. The summed E-state index contributed by atoms with van der Waals surface area (Å²) in [5, 5.41) is 10.2. The molecule has 0 bridgehead atoms. The zero-order valence-corrected chi connectivity index (χ0v) is 12.6. The van der Waals surface area contributed by atoms with Crippen LogP contribution in [0.25, 0.3) is 0 Å². The number of hydrogen-bond donors (Lipinski definition) is 3. The van der Waals surface area contributed by atoms with Crippen molar-refractivity contribution in [2.45, 2.75) is 49.9 Å². The molecule has 2 atom stereocenters. The lowest BCUT2D eigenvalue weighted by atomic mass is 10.0. The van der Waals surface area contributed by atoms with Crippen LogP contribution in [0.3, 0.4) is 0 Å². The maximum Gasteiger partial charge on any atom is 0.120 e. The molecule has 2 rings (SSSR count). The molecule has 5 heteroatoms. The van der Waals surface area contributed by atoms with Crippen molar-refractivity contribution < 1.29 is 9.32 Å². The number of anilines is 1. The van der Waals surface area contributed by atoms with Crippen LogP contribution in [0.4, 0.5) is 5.69 Å². The minimum absolute atomic E-state index is 0.251. The average Bonchev–Trinajstić information content (AvgIpc) is 2.48. The Labute approximate surface area is 123 Å². The number of aliphatic hydroxyl groups is 1. The van der Waals surface area contributed by atoms with Crippen LogP contribution in [0.2, 0.25) is 0 Å². The highest BCUT2D eigenvalue weighted by molar-refractivity contribution is 7.87. The standard InChI is InChI=1S/C15H24N2O2S/c16-10-9-15(18)12-5-4-6-13(11-12)17-20(19)14-7-2-1-3-8-14/h4-6,11,14-15,17-18H,1-3,7-10,16H2. The SMILES string of the molecule is NCCC(O)c1cccc(NS(=O)C2CCCCC2)c1. The first-order valence-electron chi connectivity index (χ1n) is 7.36. The van der Waals surface area contributed by atoms with Crippen molar-refractivity contribution in [3.05, 3.63) is 29.8 Å². The zero-order valence-electron chi connectivity index (χ0n) is 11.8. The third-order valence-corrected chi connectivity index (χ3v) is 5.30. The van der Waals surface area contributed by atoms with Crippen molar-refractivity contribution in [2.24, 2.45) is 5.73 Å². The molecule has 112 valence electrons. The lowest BCUT2D eigenvalue weighted by molar-refractivity contribution is 0.170. The molecule has 1 saturated carbocycles. The molecule has 1 aliphatic rings. The zero-order chi connectivity index (χ0) is 14.4. The molecule has 1 aromatic rings. The minimum Gasteiger partial charge on any atom is -0.388 e. The monoisotopic (exact) mass is 296 g/mol. The molecular formula is C15H24N2O2S. The molecule has 0 heterocycles. The Bertz CT molecular complexity index is 447. The predicted octanol–water partition coefficient (Wildman–Crippen LogP) is 2.48. The molecule has 0 aromatic heterocycles. The van der Waals surface area contributed by atoms with Gasteiger partial charge >= 0.3 is 0 Å². The Hall–Kier alpha value is -0.910. The normalized spacial score (nSPS) is 19.5. The molecule has 1 aromatic carbocycles. The highest BCUT2D eigenvalue weighted by Gasteiger charge is 2.20. The molecule has 0 radical (unpaired) electrons. The van der Waals surface area contributed by atoms with Crippen LogP contribution in [0.1, 0.15) is 50.2 Å². The number of nitrogens with two attached hydrogens (primary N) is 1. The molecular weight excluding hydrogens is 272 g/mol. The van der Waals surface area contributed by atoms with Crippen molar-refractivity contribution in [2.75, 3.05) is 11.3 Å². The van der Waals surface area contributed by atoms with Crippen molar-refractivity contribution >= 4 is 16.7 Å². The summed E-state index contributed by atoms with van der Waals surface area (Å²) in [6, 6.07) is 7.49. The van der Waals surface area contributed by atoms with Gasteiger partial charge in [0.2, 0.25) is 0 Å². The topological polar surface area (TPSA) is 75.3 Å². The molecule has 1 fully saturated rings. The van der Waals surface area contributed by atoms with Gasteiger partial charge in [0.15, 0.2) is 0 Å². The van der Waals surface area contributed by atoms with E-state index in [9.17, 15) is 9.32 Å². The quantitative estimate of drug-likeness (QED) is 0.755. The fraction of sp³-hybridized carbons (Fsp3) is 0.600. The summed E-state index contributed by atoms with van der Waals surface area (Å²) >= 11 is 0. The summed E-state index contributed by atoms with van der Waals surface area (Å²) in [4.78, 5) is 0. The van der Waals surface area contributed by atoms with E-state index in [4.69, 9.17) is 5.73 Å². The van der Waals surface area contributed by atoms with Crippen molar-refractivity contribution in [3.63, 3.8) is 0 Å². The second-order valence-corrected chi connectivity index (χ2v) is 6.84. The van der Waals surface area contributed by atoms with Gasteiger partial charge in [0.1, 0.15) is 11.0 Å². The first kappa shape index (κ1) is 15.5. The molecule has 4 nitrogen and oxygen atoms in total. The molecule has 0 spiro atoms. The van der Waals surface area contributed by atoms with Gasteiger partial charge in [0, 0.05) is 5.69 Å². The van der Waals surface area contributed by atoms with Crippen LogP contribution < -0.4 is 10.5 Å². The summed E-state index contributed by atoms with van der Waals surface area (Å²) in [7, 11) is -1.04. The van der Waals surface area contributed by atoms with E-state index in [0.717, 1.165) is 24.1 Å². The first-order valence-corrected chi connectivity index (χ1v) is 8.57. The van der Waals surface area contributed by atoms with E-state index in [1.807, 2.05) is 24.3 Å². The predicted molar refractivity (Wildman–Crippen MR) is 83.7 cm³/mol. The number of nitrogens with one attached hydrogen (secondary N) is 1. The van der Waals surface area contributed by atoms with Gasteiger partial charge in [0.25, 0.3) is 0 Å². The summed E-state index contributed by atoms with van der Waals surface area (Å²) in [6.07, 6.45) is 5.67. The average molecular weight is 296 g/mol. The summed E-state index contributed by atoms with van der Waals surface area (Å²) in [5.74, 6) is 0. The summed E-state index contributed by atoms with van der Waals surface area (Å²) in [6.45, 7) is 0.451. The number of aliphatic hydroxyl groups excluding tert-OH is 1. The van der Waals surface area contributed by atoms with Gasteiger partial charge < -0.3 is 15.6 Å². The van der Waals surface area contributed by atoms with E-state index in [0.29, 0.717) is 13.0 Å². The van der Waals surface area contributed by atoms with Crippen LogP contribution in [-0.4, -0.2) is 21.1 Å². The fourth-order valence-corrected chi connectivity index (χ4v) is 3.90. The Morgan fingerprint density at radius 2 is 2.10 bits per heavy atom. The lowest BCUT2D eigenvalue weighted by Crippen LogP contribution is -2.23. The van der Waals surface area contributed by atoms with E-state index in [-0.39, 0.29) is 5.25 Å². The number of benzene rings is 1. The molecule has 2 unspecified atom stereocenters. The van der Waals surface area contributed by atoms with Crippen LogP contribution in [-0.2, 0) is 11.0 Å². The van der Waals surface area contributed by atoms with Gasteiger partial charge in [-0.05, 0) is 43.5 Å². The molecule has 20 heavy (non-hydrogen) atoms. The van der Waals surface area contributed by atoms with Gasteiger partial charge in [-0.3, -0.25) is 0 Å². The first-order chi connectivity index (χ1) is 9.70. The van der Waals surface area contributed by atoms with Crippen molar-refractivity contribution in [1.29, 1.82) is 0 Å². The second-order valence-electron chi connectivity index (χ2n) is 5.38. The Morgan fingerprint density at radius 3 is 2.80 bits per heavy atom. The second kappa shape index (κ2) is 7.76. The summed E-state index contributed by atoms with van der Waals surface area (Å²) in [5.41, 5.74) is 7.09. The van der Waals surface area contributed by atoms with Crippen molar-refractivity contribution in [1.82, 2.24) is 0 Å². The summed E-state index contributed by atoms with van der Waals surface area (Å²) < 4.78 is 15.4. The maximum atomic E-state index is 12.3. The van der Waals surface area contributed by atoms with Crippen LogP contribution in [0, 0.1) is 0 Å². The van der Waals surface area contributed by atoms with Gasteiger partial charge in [0.05, 0.1) is 11.4 Å². The third kappa shape index (κ3) is 4.30. The van der Waals surface area contributed by atoms with Crippen LogP contribution >= 0.6 is 0 Å². The van der Waals surface area contributed by atoms with Crippen LogP contribution in [0.15, 0.2) is 24.3 Å². The van der Waals surface area contributed by atoms with Gasteiger partial charge in [-0.25, -0.2) is 4.21 Å². The molecule has 0 aliphatic heterocycles. The number of rotatable bonds is 6.